The second-order valence-corrected chi connectivity index (χ2v) is 4.26. The highest BCUT2D eigenvalue weighted by Crippen LogP contribution is 2.19. The van der Waals surface area contributed by atoms with Crippen molar-refractivity contribution in [3.8, 4) is 6.07 Å². The van der Waals surface area contributed by atoms with Crippen molar-refractivity contribution in [2.45, 2.75) is 31.7 Å². The number of nitrogens with zero attached hydrogens (tertiary/aromatic N) is 1. The van der Waals surface area contributed by atoms with E-state index in [1.54, 1.807) is 0 Å². The second kappa shape index (κ2) is 7.83. The number of hydrogen-bond donors (Lipinski definition) is 2. The van der Waals surface area contributed by atoms with Gasteiger partial charge in [0.25, 0.3) is 0 Å². The molecule has 0 heterocycles. The lowest BCUT2D eigenvalue weighted by molar-refractivity contribution is 0.284. The topological polar surface area (TPSA) is 56.0 Å². The normalized spacial score (nSPS) is 13.9. The van der Waals surface area contributed by atoms with E-state index < -0.39 is 0 Å². The molecule has 1 aromatic rings. The molecule has 0 fully saturated rings. The van der Waals surface area contributed by atoms with Gasteiger partial charge in [-0.2, -0.15) is 5.26 Å². The largest absolute Gasteiger partial charge is 0.396 e. The molecule has 0 amide bonds. The Morgan fingerprint density at radius 2 is 2.06 bits per heavy atom. The van der Waals surface area contributed by atoms with E-state index in [0.29, 0.717) is 18.9 Å². The summed E-state index contributed by atoms with van der Waals surface area (Å²) in [5.41, 5.74) is 1.26. The number of benzene rings is 1. The third kappa shape index (κ3) is 4.99. The van der Waals surface area contributed by atoms with Gasteiger partial charge in [-0.3, -0.25) is 0 Å². The van der Waals surface area contributed by atoms with Crippen LogP contribution in [0.2, 0.25) is 0 Å². The molecule has 2 unspecified atom stereocenters. The van der Waals surface area contributed by atoms with E-state index in [2.05, 4.69) is 30.4 Å². The summed E-state index contributed by atoms with van der Waals surface area (Å²) in [6.07, 6.45) is 1.49. The minimum absolute atomic E-state index is 0.142. The number of nitrogens with one attached hydrogen (secondary N) is 1. The maximum absolute atomic E-state index is 9.05. The summed E-state index contributed by atoms with van der Waals surface area (Å²) in [6, 6.07) is 12.3. The van der Waals surface area contributed by atoms with E-state index in [0.717, 1.165) is 6.42 Å². The predicted molar refractivity (Wildman–Crippen MR) is 68.6 cm³/mol. The summed E-state index contributed by atoms with van der Waals surface area (Å²) in [7, 11) is 0. The van der Waals surface area contributed by atoms with Gasteiger partial charge in [-0.1, -0.05) is 37.3 Å². The van der Waals surface area contributed by atoms with Crippen molar-refractivity contribution in [3.05, 3.63) is 35.9 Å². The Balaban J connectivity index is 2.43. The molecule has 0 aliphatic rings. The van der Waals surface area contributed by atoms with Crippen LogP contribution in [0.4, 0.5) is 0 Å². The van der Waals surface area contributed by atoms with Gasteiger partial charge in [0.1, 0.15) is 0 Å². The van der Waals surface area contributed by atoms with Gasteiger partial charge in [0, 0.05) is 6.61 Å². The number of nitriles is 1. The lowest BCUT2D eigenvalue weighted by atomic mass is 9.94. The van der Waals surface area contributed by atoms with Crippen LogP contribution in [-0.2, 0) is 0 Å². The van der Waals surface area contributed by atoms with Crippen molar-refractivity contribution in [1.29, 1.82) is 5.26 Å². The highest BCUT2D eigenvalue weighted by molar-refractivity contribution is 5.19. The molecule has 0 aliphatic carbocycles. The van der Waals surface area contributed by atoms with Crippen molar-refractivity contribution in [3.63, 3.8) is 0 Å². The lowest BCUT2D eigenvalue weighted by Gasteiger charge is -2.16. The van der Waals surface area contributed by atoms with E-state index in [-0.39, 0.29) is 12.6 Å². The molecule has 1 aromatic carbocycles. The number of rotatable bonds is 7. The van der Waals surface area contributed by atoms with Crippen molar-refractivity contribution >= 4 is 0 Å². The third-order valence-electron chi connectivity index (χ3n) is 2.84. The van der Waals surface area contributed by atoms with Crippen LogP contribution in [-0.4, -0.2) is 24.3 Å². The maximum Gasteiger partial charge on any atom is 0.0958 e. The molecule has 0 saturated carbocycles. The molecule has 0 saturated heterocycles. The van der Waals surface area contributed by atoms with Crippen LogP contribution in [0, 0.1) is 11.3 Å². The van der Waals surface area contributed by atoms with Gasteiger partial charge in [-0.25, -0.2) is 0 Å². The fourth-order valence-corrected chi connectivity index (χ4v) is 1.81. The smallest absolute Gasteiger partial charge is 0.0958 e. The molecule has 3 heteroatoms. The molecule has 3 nitrogen and oxygen atoms in total. The molecule has 0 spiro atoms. The molecule has 2 atom stereocenters. The molecular weight excluding hydrogens is 212 g/mol. The monoisotopic (exact) mass is 232 g/mol. The Labute approximate surface area is 103 Å². The van der Waals surface area contributed by atoms with Crippen molar-refractivity contribution < 1.29 is 5.11 Å². The fraction of sp³-hybridized carbons (Fsp3) is 0.500. The first-order chi connectivity index (χ1) is 8.27. The highest BCUT2D eigenvalue weighted by Gasteiger charge is 2.12. The summed E-state index contributed by atoms with van der Waals surface area (Å²) in [5.74, 6) is 0.363. The van der Waals surface area contributed by atoms with Crippen molar-refractivity contribution in [2.24, 2.45) is 0 Å². The van der Waals surface area contributed by atoms with Gasteiger partial charge in [0.15, 0.2) is 0 Å². The minimum Gasteiger partial charge on any atom is -0.396 e. The molecule has 0 bridgehead atoms. The SMILES string of the molecule is CC(CC(C#N)NCCCO)c1ccccc1. The summed E-state index contributed by atoms with van der Waals surface area (Å²) in [6.45, 7) is 2.99. The molecule has 1 rings (SSSR count). The first-order valence-corrected chi connectivity index (χ1v) is 6.06. The minimum atomic E-state index is -0.142. The van der Waals surface area contributed by atoms with Gasteiger partial charge in [0.2, 0.25) is 0 Å². The number of aliphatic hydroxyl groups is 1. The highest BCUT2D eigenvalue weighted by atomic mass is 16.3. The average molecular weight is 232 g/mol. The Kier molecular flexibility index (Phi) is 6.31. The van der Waals surface area contributed by atoms with Crippen LogP contribution in [0.15, 0.2) is 30.3 Å². The molecule has 0 radical (unpaired) electrons. The van der Waals surface area contributed by atoms with Gasteiger partial charge in [-0.05, 0) is 30.9 Å². The Morgan fingerprint density at radius 3 is 2.65 bits per heavy atom. The van der Waals surface area contributed by atoms with E-state index in [1.807, 2.05) is 18.2 Å². The molecule has 17 heavy (non-hydrogen) atoms. The zero-order valence-corrected chi connectivity index (χ0v) is 10.3. The van der Waals surface area contributed by atoms with Gasteiger partial charge in [0.05, 0.1) is 12.1 Å². The maximum atomic E-state index is 9.05. The molecule has 92 valence electrons. The summed E-state index contributed by atoms with van der Waals surface area (Å²) < 4.78 is 0. The van der Waals surface area contributed by atoms with Crippen molar-refractivity contribution in [2.75, 3.05) is 13.2 Å². The van der Waals surface area contributed by atoms with Gasteiger partial charge in [-0.15, -0.1) is 0 Å². The van der Waals surface area contributed by atoms with Crippen LogP contribution in [0.5, 0.6) is 0 Å². The lowest BCUT2D eigenvalue weighted by Crippen LogP contribution is -2.30. The molecule has 2 N–H and O–H groups in total. The predicted octanol–water partition coefficient (Wildman–Crippen LogP) is 2.04. The molecule has 0 aromatic heterocycles. The summed E-state index contributed by atoms with van der Waals surface area (Å²) >= 11 is 0. The zero-order chi connectivity index (χ0) is 12.5. The second-order valence-electron chi connectivity index (χ2n) is 4.26. The van der Waals surface area contributed by atoms with E-state index >= 15 is 0 Å². The average Bonchev–Trinajstić information content (AvgIpc) is 2.38. The van der Waals surface area contributed by atoms with Crippen LogP contribution in [0.1, 0.15) is 31.2 Å². The first kappa shape index (κ1) is 13.7. The van der Waals surface area contributed by atoms with Crippen LogP contribution in [0.25, 0.3) is 0 Å². The van der Waals surface area contributed by atoms with E-state index in [1.165, 1.54) is 5.56 Å². The molecule has 0 aliphatic heterocycles. The quantitative estimate of drug-likeness (QED) is 0.707. The third-order valence-corrected chi connectivity index (χ3v) is 2.84. The number of hydrogen-bond acceptors (Lipinski definition) is 3. The number of aliphatic hydroxyl groups excluding tert-OH is 1. The Bertz CT molecular complexity index is 345. The van der Waals surface area contributed by atoms with E-state index in [9.17, 15) is 0 Å². The standard InChI is InChI=1S/C14H20N2O/c1-12(13-6-3-2-4-7-13)10-14(11-15)16-8-5-9-17/h2-4,6-7,12,14,16-17H,5,8-10H2,1H3. The molecular formula is C14H20N2O. The summed E-state index contributed by atoms with van der Waals surface area (Å²) in [5, 5.41) is 20.9. The van der Waals surface area contributed by atoms with Gasteiger partial charge >= 0.3 is 0 Å². The Hall–Kier alpha value is -1.37. The van der Waals surface area contributed by atoms with Crippen LogP contribution >= 0.6 is 0 Å². The Morgan fingerprint density at radius 1 is 1.35 bits per heavy atom. The zero-order valence-electron chi connectivity index (χ0n) is 10.3. The van der Waals surface area contributed by atoms with E-state index in [4.69, 9.17) is 10.4 Å². The van der Waals surface area contributed by atoms with Gasteiger partial charge < -0.3 is 10.4 Å². The van der Waals surface area contributed by atoms with Crippen molar-refractivity contribution in [1.82, 2.24) is 5.32 Å². The van der Waals surface area contributed by atoms with Crippen LogP contribution in [0.3, 0.4) is 0 Å². The fourth-order valence-electron chi connectivity index (χ4n) is 1.81. The summed E-state index contributed by atoms with van der Waals surface area (Å²) in [4.78, 5) is 0. The first-order valence-electron chi connectivity index (χ1n) is 6.06. The van der Waals surface area contributed by atoms with Crippen LogP contribution < -0.4 is 5.32 Å².